The number of para-hydroxylation sites is 2. The molecule has 8 heteroatoms. The predicted molar refractivity (Wildman–Crippen MR) is 254 cm³/mol. The summed E-state index contributed by atoms with van der Waals surface area (Å²) in [7, 11) is -1.57. The Morgan fingerprint density at radius 2 is 1.42 bits per heavy atom. The van der Waals surface area contributed by atoms with Crippen LogP contribution in [-0.2, 0) is 20.1 Å². The number of aryl methyl sites for hydroxylation is 1. The summed E-state index contributed by atoms with van der Waals surface area (Å²) >= 11 is 0. The Balaban J connectivity index is 0.000000229. The van der Waals surface area contributed by atoms with Gasteiger partial charge in [0.25, 0.3) is 0 Å². The van der Waals surface area contributed by atoms with Crippen LogP contribution in [0.15, 0.2) is 126 Å². The van der Waals surface area contributed by atoms with Gasteiger partial charge in [0.15, 0.2) is 5.71 Å². The molecule has 0 aliphatic carbocycles. The van der Waals surface area contributed by atoms with Crippen LogP contribution >= 0.6 is 0 Å². The van der Waals surface area contributed by atoms with Gasteiger partial charge in [-0.1, -0.05) is 138 Å². The van der Waals surface area contributed by atoms with E-state index in [-0.39, 0.29) is 25.9 Å². The Morgan fingerprint density at radius 3 is 2.06 bits per heavy atom. The van der Waals surface area contributed by atoms with Crippen molar-refractivity contribution in [2.24, 2.45) is 0 Å². The van der Waals surface area contributed by atoms with Crippen LogP contribution in [0.4, 0.5) is 4.39 Å². The number of pyridine rings is 2. The van der Waals surface area contributed by atoms with Crippen molar-refractivity contribution in [2.45, 2.75) is 85.8 Å². The molecule has 1 radical (unpaired) electrons. The summed E-state index contributed by atoms with van der Waals surface area (Å²) in [5.41, 5.74) is 14.1. The molecule has 4 aromatic heterocycles. The molecule has 0 N–H and O–H groups in total. The molecule has 0 bridgehead atoms. The molecule has 0 aliphatic heterocycles. The molecule has 0 unspecified atom stereocenters. The number of nitrogens with zero attached hydrogens (tertiary/aromatic N) is 4. The zero-order chi connectivity index (χ0) is 44.1. The van der Waals surface area contributed by atoms with Crippen molar-refractivity contribution in [1.29, 1.82) is 0 Å². The van der Waals surface area contributed by atoms with Gasteiger partial charge in [0.2, 0.25) is 0 Å². The second-order valence-electron chi connectivity index (χ2n) is 17.7. The molecule has 0 saturated carbocycles. The van der Waals surface area contributed by atoms with E-state index in [1.807, 2.05) is 45.2 Å². The second-order valence-corrected chi connectivity index (χ2v) is 22.8. The number of aromatic nitrogens is 4. The second kappa shape index (κ2) is 18.1. The number of hydrogen-bond acceptors (Lipinski definition) is 4. The van der Waals surface area contributed by atoms with Crippen molar-refractivity contribution in [3.8, 4) is 39.5 Å². The van der Waals surface area contributed by atoms with Gasteiger partial charge in [-0.05, 0) is 93.5 Å². The molecule has 0 saturated heterocycles. The summed E-state index contributed by atoms with van der Waals surface area (Å²) in [6, 6.07) is 44.9. The van der Waals surface area contributed by atoms with E-state index in [4.69, 9.17) is 10.8 Å². The van der Waals surface area contributed by atoms with Crippen LogP contribution in [0.1, 0.15) is 83.0 Å². The van der Waals surface area contributed by atoms with Crippen molar-refractivity contribution in [3.63, 3.8) is 0 Å². The molecule has 5 nitrogen and oxygen atoms in total. The van der Waals surface area contributed by atoms with E-state index in [0.29, 0.717) is 17.5 Å². The monoisotopic (exact) mass is 1010 g/mol. The molecule has 9 aromatic rings. The number of rotatable bonds is 8. The summed E-state index contributed by atoms with van der Waals surface area (Å²) in [5.74, 6) is 0.489. The normalized spacial score (nSPS) is 12.2. The predicted octanol–water partition coefficient (Wildman–Crippen LogP) is 14.4. The zero-order valence-electron chi connectivity index (χ0n) is 38.1. The molecule has 0 aliphatic rings. The van der Waals surface area contributed by atoms with Crippen molar-refractivity contribution in [3.05, 3.63) is 162 Å². The number of halogens is 1. The van der Waals surface area contributed by atoms with Gasteiger partial charge in [-0.3, -0.25) is 9.37 Å². The van der Waals surface area contributed by atoms with Crippen molar-refractivity contribution >= 4 is 46.4 Å². The van der Waals surface area contributed by atoms with Crippen LogP contribution in [0, 0.1) is 24.9 Å². The molecule has 4 heterocycles. The number of fused-ring (bicyclic) bond motifs is 4. The quantitative estimate of drug-likeness (QED) is 0.112. The number of furan rings is 1. The Kier molecular flexibility index (Phi) is 12.6. The first-order chi connectivity index (χ1) is 29.5. The molecule has 0 fully saturated rings. The third-order valence-corrected chi connectivity index (χ3v) is 13.2. The Bertz CT molecular complexity index is 3040. The van der Waals surface area contributed by atoms with E-state index in [0.717, 1.165) is 61.3 Å². The Labute approximate surface area is 381 Å². The fourth-order valence-electron chi connectivity index (χ4n) is 8.03. The van der Waals surface area contributed by atoms with Crippen LogP contribution in [0.2, 0.25) is 19.6 Å². The van der Waals surface area contributed by atoms with Gasteiger partial charge in [-0.2, -0.15) is 0 Å². The van der Waals surface area contributed by atoms with Crippen LogP contribution in [0.25, 0.3) is 72.6 Å². The third-order valence-electron chi connectivity index (χ3n) is 11.2. The maximum Gasteiger partial charge on any atom is 0.183 e. The van der Waals surface area contributed by atoms with E-state index in [2.05, 4.69) is 153 Å². The molecule has 62 heavy (non-hydrogen) atoms. The minimum Gasteiger partial charge on any atom is -0.482 e. The number of benzene rings is 5. The minimum atomic E-state index is -1.57. The van der Waals surface area contributed by atoms with Crippen LogP contribution in [0.5, 0.6) is 0 Å². The number of hydrogen-bond donors (Lipinski definition) is 0. The summed E-state index contributed by atoms with van der Waals surface area (Å²) in [5, 5.41) is 3.10. The van der Waals surface area contributed by atoms with Gasteiger partial charge in [0, 0.05) is 44.9 Å². The first-order valence-electron chi connectivity index (χ1n) is 21.6. The third kappa shape index (κ3) is 8.87. The van der Waals surface area contributed by atoms with Gasteiger partial charge < -0.3 is 14.0 Å². The van der Waals surface area contributed by atoms with Gasteiger partial charge in [-0.25, -0.2) is 4.98 Å². The smallest absolute Gasteiger partial charge is 0.183 e. The van der Waals surface area contributed by atoms with Gasteiger partial charge >= 0.3 is 0 Å². The van der Waals surface area contributed by atoms with Crippen LogP contribution in [0.3, 0.4) is 0 Å². The fraction of sp³-hybridized carbons (Fsp3) is 0.241. The first kappa shape index (κ1) is 43.1. The molecular formula is C54H53FIrN4OSi-2. The van der Waals surface area contributed by atoms with Crippen molar-refractivity contribution in [2.75, 3.05) is 0 Å². The molecule has 0 amide bonds. The van der Waals surface area contributed by atoms with Crippen molar-refractivity contribution in [1.82, 2.24) is 19.5 Å². The minimum absolute atomic E-state index is 0. The van der Waals surface area contributed by atoms with Crippen LogP contribution in [-0.4, -0.2) is 27.6 Å². The Hall–Kier alpha value is -5.53. The fourth-order valence-corrected chi connectivity index (χ4v) is 9.61. The van der Waals surface area contributed by atoms with E-state index in [1.54, 1.807) is 6.07 Å². The topological polar surface area (TPSA) is 56.7 Å². The molecule has 0 spiro atoms. The molecule has 9 rings (SSSR count). The molecular weight excluding hydrogens is 960 g/mol. The van der Waals surface area contributed by atoms with E-state index >= 15 is 0 Å². The summed E-state index contributed by atoms with van der Waals surface area (Å²) < 4.78 is 29.9. The SMILES string of the molecule is Cc1ccc2c(n1)oc1ccc(-c3nc4ccccc4n3-c3c(C(C)C)cc(-c4ccccc4)cc3C(C)C)[c-]c12.[2H]C(C)(C)c1cc(-c2[c-]cc(F)cc2)ncc1[Si](C)(C)C.[Ir]. The van der Waals surface area contributed by atoms with E-state index < -0.39 is 14.0 Å². The molecule has 5 aromatic carbocycles. The maximum absolute atomic E-state index is 13.0. The number of imidazole rings is 1. The van der Waals surface area contributed by atoms with E-state index in [1.165, 1.54) is 45.3 Å². The van der Waals surface area contributed by atoms with Gasteiger partial charge in [0.05, 0.1) is 30.5 Å². The summed E-state index contributed by atoms with van der Waals surface area (Å²) in [6.45, 7) is 21.6. The van der Waals surface area contributed by atoms with E-state index in [9.17, 15) is 4.39 Å². The van der Waals surface area contributed by atoms with Gasteiger partial charge in [0.1, 0.15) is 0 Å². The average molecular weight is 1010 g/mol. The van der Waals surface area contributed by atoms with Gasteiger partial charge in [-0.15, -0.1) is 42.0 Å². The van der Waals surface area contributed by atoms with Crippen LogP contribution < -0.4 is 5.19 Å². The molecule has 317 valence electrons. The largest absolute Gasteiger partial charge is 0.482 e. The summed E-state index contributed by atoms with van der Waals surface area (Å²) in [4.78, 5) is 14.3. The molecule has 0 atom stereocenters. The maximum atomic E-state index is 13.0. The first-order valence-corrected chi connectivity index (χ1v) is 24.6. The zero-order valence-corrected chi connectivity index (χ0v) is 40.5. The Morgan fingerprint density at radius 1 is 0.742 bits per heavy atom. The van der Waals surface area contributed by atoms with Crippen molar-refractivity contribution < 1.29 is 30.3 Å². The summed E-state index contributed by atoms with van der Waals surface area (Å²) in [6.07, 6.45) is 1.89. The standard InChI is InChI=1S/C37H32N3O.C17H21FNSi.Ir/c1-22(2)29-20-27(25-11-7-6-8-12-25)21-30(23(3)4)35(29)40-33-14-10-9-13-32(33)39-36(40)26-16-18-34-31(19-26)28-17-15-24(5)38-37(28)41-34;1-12(2)15-10-16(13-6-8-14(18)9-7-13)19-11-17(15)20(3,4)5;/h6-18,20-23H,1-5H3;6,8-12H,1-5H3;/q2*-1;/i;12D;. The average Bonchev–Trinajstić information content (AvgIpc) is 3.81.